The topological polar surface area (TPSA) is 41.1 Å². The molecule has 0 saturated carbocycles. The molecule has 2 aromatic rings. The largest absolute Gasteiger partial charge is 0.378 e. The van der Waals surface area contributed by atoms with Crippen molar-refractivity contribution in [2.45, 2.75) is 6.92 Å². The van der Waals surface area contributed by atoms with E-state index in [0.717, 1.165) is 22.6 Å². The van der Waals surface area contributed by atoms with Crippen LogP contribution in [0.4, 0.5) is 11.5 Å². The van der Waals surface area contributed by atoms with Crippen LogP contribution in [-0.2, 0) is 0 Å². The van der Waals surface area contributed by atoms with Gasteiger partial charge < -0.3 is 10.2 Å². The summed E-state index contributed by atoms with van der Waals surface area (Å²) in [5, 5.41) is 3.08. The molecule has 0 fully saturated rings. The number of hydrogen-bond donors (Lipinski definition) is 1. The second kappa shape index (κ2) is 5.04. The predicted octanol–water partition coefficient (Wildman–Crippen LogP) is 2.56. The Balaban J connectivity index is 2.43. The highest BCUT2D eigenvalue weighted by molar-refractivity contribution is 5.69. The molecule has 0 aliphatic heterocycles. The molecule has 0 aliphatic rings. The van der Waals surface area contributed by atoms with Gasteiger partial charge in [-0.15, -0.1) is 0 Å². The fourth-order valence-corrected chi connectivity index (χ4v) is 1.91. The molecule has 1 aromatic carbocycles. The first kappa shape index (κ1) is 12.4. The second-order valence-corrected chi connectivity index (χ2v) is 4.39. The van der Waals surface area contributed by atoms with Gasteiger partial charge in [0.2, 0.25) is 0 Å². The van der Waals surface area contributed by atoms with E-state index in [1.165, 1.54) is 5.69 Å². The van der Waals surface area contributed by atoms with E-state index in [2.05, 4.69) is 44.5 Å². The van der Waals surface area contributed by atoms with Crippen molar-refractivity contribution in [3.8, 4) is 11.3 Å². The molecule has 1 aromatic heterocycles. The summed E-state index contributed by atoms with van der Waals surface area (Å²) in [7, 11) is 5.93. The number of benzene rings is 1. The maximum absolute atomic E-state index is 4.37. The molecule has 0 unspecified atom stereocenters. The summed E-state index contributed by atoms with van der Waals surface area (Å²) in [6.45, 7) is 2.03. The molecule has 94 valence electrons. The first-order valence-electron chi connectivity index (χ1n) is 5.90. The van der Waals surface area contributed by atoms with Gasteiger partial charge in [-0.25, -0.2) is 9.97 Å². The van der Waals surface area contributed by atoms with E-state index in [9.17, 15) is 0 Å². The van der Waals surface area contributed by atoms with Gasteiger partial charge in [-0.2, -0.15) is 0 Å². The summed E-state index contributed by atoms with van der Waals surface area (Å²) in [4.78, 5) is 10.6. The van der Waals surface area contributed by atoms with E-state index in [1.807, 2.05) is 28.1 Å². The van der Waals surface area contributed by atoms with Gasteiger partial charge >= 0.3 is 0 Å². The summed E-state index contributed by atoms with van der Waals surface area (Å²) >= 11 is 0. The Bertz CT molecular complexity index is 532. The van der Waals surface area contributed by atoms with Crippen LogP contribution in [0, 0.1) is 6.92 Å². The van der Waals surface area contributed by atoms with Gasteiger partial charge in [0, 0.05) is 38.0 Å². The standard InChI is InChI=1S/C14H18N4/c1-10-13(16-9-17-14(10)15-2)11-5-7-12(8-6-11)18(3)4/h5-9H,1-4H3,(H,15,16,17). The molecule has 0 aliphatic carbocycles. The molecular weight excluding hydrogens is 224 g/mol. The van der Waals surface area contributed by atoms with E-state index >= 15 is 0 Å². The minimum Gasteiger partial charge on any atom is -0.378 e. The Hall–Kier alpha value is -2.10. The molecule has 0 spiro atoms. The highest BCUT2D eigenvalue weighted by atomic mass is 15.1. The Morgan fingerprint density at radius 3 is 2.28 bits per heavy atom. The molecular formula is C14H18N4. The van der Waals surface area contributed by atoms with Crippen LogP contribution in [0.5, 0.6) is 0 Å². The molecule has 0 radical (unpaired) electrons. The smallest absolute Gasteiger partial charge is 0.132 e. The summed E-state index contributed by atoms with van der Waals surface area (Å²) in [5.74, 6) is 0.872. The van der Waals surface area contributed by atoms with Crippen molar-refractivity contribution >= 4 is 11.5 Å². The third-order valence-corrected chi connectivity index (χ3v) is 2.98. The number of nitrogens with zero attached hydrogens (tertiary/aromatic N) is 3. The van der Waals surface area contributed by atoms with Crippen LogP contribution in [-0.4, -0.2) is 31.1 Å². The van der Waals surface area contributed by atoms with E-state index in [0.29, 0.717) is 0 Å². The van der Waals surface area contributed by atoms with Crippen molar-refractivity contribution in [2.75, 3.05) is 31.4 Å². The second-order valence-electron chi connectivity index (χ2n) is 4.39. The zero-order chi connectivity index (χ0) is 13.1. The molecule has 1 heterocycles. The van der Waals surface area contributed by atoms with Gasteiger partial charge in [0.05, 0.1) is 5.69 Å². The third kappa shape index (κ3) is 2.27. The van der Waals surface area contributed by atoms with E-state index < -0.39 is 0 Å². The number of anilines is 2. The Morgan fingerprint density at radius 2 is 1.72 bits per heavy atom. The van der Waals surface area contributed by atoms with Crippen LogP contribution in [0.25, 0.3) is 11.3 Å². The molecule has 4 heteroatoms. The fourth-order valence-electron chi connectivity index (χ4n) is 1.91. The quantitative estimate of drug-likeness (QED) is 0.898. The van der Waals surface area contributed by atoms with Crippen molar-refractivity contribution in [3.63, 3.8) is 0 Å². The molecule has 2 rings (SSSR count). The van der Waals surface area contributed by atoms with Gasteiger partial charge in [-0.1, -0.05) is 12.1 Å². The fraction of sp³-hybridized carbons (Fsp3) is 0.286. The van der Waals surface area contributed by atoms with Crippen LogP contribution in [0.2, 0.25) is 0 Å². The van der Waals surface area contributed by atoms with Crippen LogP contribution < -0.4 is 10.2 Å². The SMILES string of the molecule is CNc1ncnc(-c2ccc(N(C)C)cc2)c1C. The summed E-state index contributed by atoms with van der Waals surface area (Å²) in [6.07, 6.45) is 1.59. The van der Waals surface area contributed by atoms with E-state index in [1.54, 1.807) is 6.33 Å². The van der Waals surface area contributed by atoms with E-state index in [4.69, 9.17) is 0 Å². The van der Waals surface area contributed by atoms with Crippen molar-refractivity contribution in [2.24, 2.45) is 0 Å². The Morgan fingerprint density at radius 1 is 1.06 bits per heavy atom. The van der Waals surface area contributed by atoms with Crippen molar-refractivity contribution in [3.05, 3.63) is 36.2 Å². The lowest BCUT2D eigenvalue weighted by atomic mass is 10.1. The zero-order valence-electron chi connectivity index (χ0n) is 11.2. The van der Waals surface area contributed by atoms with Gasteiger partial charge in [0.1, 0.15) is 12.1 Å². The summed E-state index contributed by atoms with van der Waals surface area (Å²) < 4.78 is 0. The van der Waals surface area contributed by atoms with Gasteiger partial charge in [0.15, 0.2) is 0 Å². The highest BCUT2D eigenvalue weighted by Gasteiger charge is 2.08. The monoisotopic (exact) mass is 242 g/mol. The average molecular weight is 242 g/mol. The molecule has 0 atom stereocenters. The molecule has 0 saturated heterocycles. The molecule has 4 nitrogen and oxygen atoms in total. The first-order chi connectivity index (χ1) is 8.63. The summed E-state index contributed by atoms with van der Waals surface area (Å²) in [6, 6.07) is 8.36. The van der Waals surface area contributed by atoms with Gasteiger partial charge in [-0.05, 0) is 19.1 Å². The third-order valence-electron chi connectivity index (χ3n) is 2.98. The van der Waals surface area contributed by atoms with E-state index in [-0.39, 0.29) is 0 Å². The first-order valence-corrected chi connectivity index (χ1v) is 5.90. The molecule has 0 bridgehead atoms. The van der Waals surface area contributed by atoms with Crippen molar-refractivity contribution < 1.29 is 0 Å². The Labute approximate surface area is 108 Å². The van der Waals surface area contributed by atoms with Crippen LogP contribution >= 0.6 is 0 Å². The Kier molecular flexibility index (Phi) is 3.46. The molecule has 18 heavy (non-hydrogen) atoms. The lowest BCUT2D eigenvalue weighted by molar-refractivity contribution is 1.12. The van der Waals surface area contributed by atoms with Crippen LogP contribution in [0.3, 0.4) is 0 Å². The average Bonchev–Trinajstić information content (AvgIpc) is 2.39. The highest BCUT2D eigenvalue weighted by Crippen LogP contribution is 2.26. The minimum atomic E-state index is 0.872. The van der Waals surface area contributed by atoms with Crippen molar-refractivity contribution in [1.82, 2.24) is 9.97 Å². The van der Waals surface area contributed by atoms with Crippen LogP contribution in [0.1, 0.15) is 5.56 Å². The predicted molar refractivity (Wildman–Crippen MR) is 76.1 cm³/mol. The normalized spacial score (nSPS) is 10.2. The van der Waals surface area contributed by atoms with Gasteiger partial charge in [0.25, 0.3) is 0 Å². The van der Waals surface area contributed by atoms with Crippen molar-refractivity contribution in [1.29, 1.82) is 0 Å². The lowest BCUT2D eigenvalue weighted by Gasteiger charge is -2.13. The number of hydrogen-bond acceptors (Lipinski definition) is 4. The number of rotatable bonds is 3. The zero-order valence-corrected chi connectivity index (χ0v) is 11.2. The summed E-state index contributed by atoms with van der Waals surface area (Å²) in [5.41, 5.74) is 4.33. The minimum absolute atomic E-state index is 0.872. The lowest BCUT2D eigenvalue weighted by Crippen LogP contribution is -2.08. The van der Waals surface area contributed by atoms with Gasteiger partial charge in [-0.3, -0.25) is 0 Å². The maximum Gasteiger partial charge on any atom is 0.132 e. The molecule has 0 amide bonds. The number of aromatic nitrogens is 2. The number of nitrogens with one attached hydrogen (secondary N) is 1. The van der Waals surface area contributed by atoms with Crippen LogP contribution in [0.15, 0.2) is 30.6 Å². The maximum atomic E-state index is 4.37. The molecule has 1 N–H and O–H groups in total.